The molecule has 1 saturated heterocycles. The van der Waals surface area contributed by atoms with E-state index in [1.165, 1.54) is 5.56 Å². The molecule has 0 aliphatic carbocycles. The van der Waals surface area contributed by atoms with Gasteiger partial charge in [0.15, 0.2) is 5.65 Å². The van der Waals surface area contributed by atoms with Crippen molar-refractivity contribution in [1.82, 2.24) is 25.0 Å². The van der Waals surface area contributed by atoms with Gasteiger partial charge < -0.3 is 10.1 Å². The van der Waals surface area contributed by atoms with Crippen molar-refractivity contribution in [3.63, 3.8) is 0 Å². The Morgan fingerprint density at radius 1 is 1.19 bits per heavy atom. The summed E-state index contributed by atoms with van der Waals surface area (Å²) >= 11 is 0. The van der Waals surface area contributed by atoms with E-state index in [2.05, 4.69) is 22.2 Å². The van der Waals surface area contributed by atoms with Crippen LogP contribution in [0.15, 0.2) is 0 Å². The first-order valence-electron chi connectivity index (χ1n) is 9.33. The van der Waals surface area contributed by atoms with Gasteiger partial charge in [-0.15, -0.1) is 0 Å². The lowest BCUT2D eigenvalue weighted by atomic mass is 9.99. The highest BCUT2D eigenvalue weighted by Gasteiger charge is 2.16. The van der Waals surface area contributed by atoms with Crippen molar-refractivity contribution in [2.75, 3.05) is 39.4 Å². The number of aromatic nitrogens is 3. The number of pyridine rings is 1. The Balaban J connectivity index is 1.57. The number of nitrogens with zero attached hydrogens (tertiary/aromatic N) is 4. The zero-order valence-corrected chi connectivity index (χ0v) is 16.3. The summed E-state index contributed by atoms with van der Waals surface area (Å²) in [6.45, 7) is 11.2. The summed E-state index contributed by atoms with van der Waals surface area (Å²) in [5.74, 6) is 0.0973. The Kier molecular flexibility index (Phi) is 5.88. The van der Waals surface area contributed by atoms with Crippen LogP contribution in [0.5, 0.6) is 0 Å². The first kappa shape index (κ1) is 18.8. The molecule has 142 valence electrons. The number of nitrogens with one attached hydrogen (secondary N) is 1. The van der Waals surface area contributed by atoms with Crippen molar-refractivity contribution in [3.05, 3.63) is 22.5 Å². The second-order valence-corrected chi connectivity index (χ2v) is 7.01. The molecule has 1 amide bonds. The molecule has 0 bridgehead atoms. The third-order valence-electron chi connectivity index (χ3n) is 5.19. The zero-order chi connectivity index (χ0) is 18.7. The number of hydrogen-bond acceptors (Lipinski definition) is 5. The van der Waals surface area contributed by atoms with Crippen molar-refractivity contribution in [2.24, 2.45) is 7.05 Å². The molecular formula is C19H29N5O2. The minimum atomic E-state index is 0.0973. The Hall–Kier alpha value is -1.99. The van der Waals surface area contributed by atoms with E-state index in [4.69, 9.17) is 9.72 Å². The maximum Gasteiger partial charge on any atom is 0.220 e. The number of fused-ring (bicyclic) bond motifs is 1. The molecule has 0 unspecified atom stereocenters. The monoisotopic (exact) mass is 359 g/mol. The third kappa shape index (κ3) is 4.04. The van der Waals surface area contributed by atoms with Crippen LogP contribution < -0.4 is 5.32 Å². The van der Waals surface area contributed by atoms with Crippen LogP contribution in [0.1, 0.15) is 28.9 Å². The van der Waals surface area contributed by atoms with Crippen LogP contribution in [0, 0.1) is 20.8 Å². The molecule has 2 aromatic rings. The fraction of sp³-hybridized carbons (Fsp3) is 0.632. The minimum absolute atomic E-state index is 0.0973. The lowest BCUT2D eigenvalue weighted by molar-refractivity contribution is -0.121. The third-order valence-corrected chi connectivity index (χ3v) is 5.19. The number of carbonyl (C=O) groups is 1. The van der Waals surface area contributed by atoms with Crippen LogP contribution in [-0.2, 0) is 23.0 Å². The van der Waals surface area contributed by atoms with Crippen molar-refractivity contribution >= 4 is 16.9 Å². The summed E-state index contributed by atoms with van der Waals surface area (Å²) in [4.78, 5) is 19.3. The van der Waals surface area contributed by atoms with Crippen LogP contribution in [0.25, 0.3) is 11.0 Å². The Morgan fingerprint density at radius 2 is 1.92 bits per heavy atom. The molecule has 1 N–H and O–H groups in total. The Bertz CT molecular complexity index is 793. The average molecular weight is 359 g/mol. The molecule has 0 saturated carbocycles. The highest BCUT2D eigenvalue weighted by Crippen LogP contribution is 2.25. The predicted molar refractivity (Wildman–Crippen MR) is 101 cm³/mol. The van der Waals surface area contributed by atoms with Gasteiger partial charge in [-0.2, -0.15) is 5.10 Å². The molecular weight excluding hydrogens is 330 g/mol. The number of rotatable bonds is 6. The van der Waals surface area contributed by atoms with E-state index in [0.717, 1.165) is 60.8 Å². The van der Waals surface area contributed by atoms with E-state index in [9.17, 15) is 4.79 Å². The summed E-state index contributed by atoms with van der Waals surface area (Å²) in [6.07, 6.45) is 1.19. The summed E-state index contributed by atoms with van der Waals surface area (Å²) in [7, 11) is 1.92. The second kappa shape index (κ2) is 8.14. The van der Waals surface area contributed by atoms with Gasteiger partial charge in [-0.1, -0.05) is 0 Å². The summed E-state index contributed by atoms with van der Waals surface area (Å²) in [6, 6.07) is 0. The van der Waals surface area contributed by atoms with Crippen LogP contribution in [0.4, 0.5) is 0 Å². The van der Waals surface area contributed by atoms with Crippen molar-refractivity contribution < 1.29 is 9.53 Å². The predicted octanol–water partition coefficient (Wildman–Crippen LogP) is 1.27. The van der Waals surface area contributed by atoms with E-state index in [1.807, 2.05) is 25.6 Å². The van der Waals surface area contributed by atoms with Crippen LogP contribution in [0.3, 0.4) is 0 Å². The number of hydrogen-bond donors (Lipinski definition) is 1. The number of carbonyl (C=O) groups excluding carboxylic acids is 1. The molecule has 0 aromatic carbocycles. The standard InChI is InChI=1S/C19H29N5O2/c1-13-16(14(2)21-19-18(13)15(3)22-23(19)4)5-6-17(25)20-7-8-24-9-11-26-12-10-24/h5-12H2,1-4H3,(H,20,25). The summed E-state index contributed by atoms with van der Waals surface area (Å²) in [5, 5.41) is 8.62. The molecule has 7 nitrogen and oxygen atoms in total. The van der Waals surface area contributed by atoms with E-state index < -0.39 is 0 Å². The highest BCUT2D eigenvalue weighted by atomic mass is 16.5. The number of aryl methyl sites for hydroxylation is 4. The summed E-state index contributed by atoms with van der Waals surface area (Å²) < 4.78 is 7.16. The van der Waals surface area contributed by atoms with Gasteiger partial charge in [0.25, 0.3) is 0 Å². The topological polar surface area (TPSA) is 72.3 Å². The van der Waals surface area contributed by atoms with E-state index in [0.29, 0.717) is 19.4 Å². The molecule has 3 rings (SSSR count). The van der Waals surface area contributed by atoms with Crippen LogP contribution >= 0.6 is 0 Å². The Labute approximate surface area is 154 Å². The maximum absolute atomic E-state index is 12.2. The van der Waals surface area contributed by atoms with Gasteiger partial charge in [0.05, 0.1) is 18.9 Å². The molecule has 1 aliphatic rings. The minimum Gasteiger partial charge on any atom is -0.379 e. The molecule has 0 spiro atoms. The van der Waals surface area contributed by atoms with Gasteiger partial charge in [0.1, 0.15) is 0 Å². The highest BCUT2D eigenvalue weighted by molar-refractivity contribution is 5.84. The number of amides is 1. The second-order valence-electron chi connectivity index (χ2n) is 7.01. The van der Waals surface area contributed by atoms with Gasteiger partial charge in [-0.3, -0.25) is 14.4 Å². The lowest BCUT2D eigenvalue weighted by Gasteiger charge is -2.26. The molecule has 1 aliphatic heterocycles. The quantitative estimate of drug-likeness (QED) is 0.841. The largest absolute Gasteiger partial charge is 0.379 e. The normalized spacial score (nSPS) is 15.5. The molecule has 3 heterocycles. The van der Waals surface area contributed by atoms with Crippen molar-refractivity contribution in [1.29, 1.82) is 0 Å². The zero-order valence-electron chi connectivity index (χ0n) is 16.3. The molecule has 0 radical (unpaired) electrons. The van der Waals surface area contributed by atoms with E-state index in [1.54, 1.807) is 0 Å². The molecule has 26 heavy (non-hydrogen) atoms. The Morgan fingerprint density at radius 3 is 2.65 bits per heavy atom. The fourth-order valence-corrected chi connectivity index (χ4v) is 3.74. The van der Waals surface area contributed by atoms with Gasteiger partial charge in [-0.05, 0) is 38.3 Å². The molecule has 1 fully saturated rings. The fourth-order valence-electron chi connectivity index (χ4n) is 3.74. The number of morpholine rings is 1. The van der Waals surface area contributed by atoms with Gasteiger partial charge >= 0.3 is 0 Å². The molecule has 7 heteroatoms. The van der Waals surface area contributed by atoms with E-state index >= 15 is 0 Å². The molecule has 2 aromatic heterocycles. The van der Waals surface area contributed by atoms with Crippen LogP contribution in [-0.4, -0.2) is 65.0 Å². The van der Waals surface area contributed by atoms with Crippen molar-refractivity contribution in [2.45, 2.75) is 33.6 Å². The maximum atomic E-state index is 12.2. The first-order valence-corrected chi connectivity index (χ1v) is 9.33. The van der Waals surface area contributed by atoms with Crippen molar-refractivity contribution in [3.8, 4) is 0 Å². The first-order chi connectivity index (χ1) is 12.5. The lowest BCUT2D eigenvalue weighted by Crippen LogP contribution is -2.41. The van der Waals surface area contributed by atoms with Gasteiger partial charge in [0.2, 0.25) is 5.91 Å². The van der Waals surface area contributed by atoms with Crippen LogP contribution in [0.2, 0.25) is 0 Å². The average Bonchev–Trinajstić information content (AvgIpc) is 2.89. The van der Waals surface area contributed by atoms with Gasteiger partial charge in [0, 0.05) is 50.7 Å². The van der Waals surface area contributed by atoms with Gasteiger partial charge in [-0.25, -0.2) is 4.98 Å². The SMILES string of the molecule is Cc1nc2c(c(C)nn2C)c(C)c1CCC(=O)NCCN1CCOCC1. The van der Waals surface area contributed by atoms with E-state index in [-0.39, 0.29) is 5.91 Å². The number of ether oxygens (including phenoxy) is 1. The molecule has 0 atom stereocenters. The summed E-state index contributed by atoms with van der Waals surface area (Å²) in [5.41, 5.74) is 5.25. The smallest absolute Gasteiger partial charge is 0.220 e.